The molecule has 1 saturated heterocycles. The van der Waals surface area contributed by atoms with Crippen LogP contribution in [0.2, 0.25) is 5.02 Å². The summed E-state index contributed by atoms with van der Waals surface area (Å²) < 4.78 is 61.0. The molecule has 1 N–H and O–H groups in total. The molecule has 0 saturated carbocycles. The summed E-state index contributed by atoms with van der Waals surface area (Å²) in [5.74, 6) is -0.487. The highest BCUT2D eigenvalue weighted by molar-refractivity contribution is 7.93. The van der Waals surface area contributed by atoms with Crippen molar-refractivity contribution < 1.29 is 26.4 Å². The summed E-state index contributed by atoms with van der Waals surface area (Å²) in [5.41, 5.74) is 1.11. The summed E-state index contributed by atoms with van der Waals surface area (Å²) in [6.07, 6.45) is 1.57. The zero-order valence-corrected chi connectivity index (χ0v) is 23.3. The number of rotatable bonds is 9. The van der Waals surface area contributed by atoms with Crippen LogP contribution in [0, 0.1) is 6.92 Å². The standard InChI is InChI=1S/C26H28ClN3O6S2/c1-19-9-11-20(12-10-19)38(34,35)30(24-8-4-3-7-22(24)27)18-26(31)28-23-17-21(13-14-25(23)36-2)37(32,33)29-15-5-6-16-29/h3-4,7-14,17H,5-6,15-16,18H2,1-2H3,(H,28,31). The van der Waals surface area contributed by atoms with Crippen LogP contribution in [0.25, 0.3) is 0 Å². The fraction of sp³-hybridized carbons (Fsp3) is 0.269. The van der Waals surface area contributed by atoms with Crippen LogP contribution in [0.3, 0.4) is 0 Å². The molecule has 0 spiro atoms. The van der Waals surface area contributed by atoms with Gasteiger partial charge < -0.3 is 10.1 Å². The average Bonchev–Trinajstić information content (AvgIpc) is 3.44. The number of para-hydroxylation sites is 1. The molecule has 0 unspecified atom stereocenters. The first-order valence-electron chi connectivity index (χ1n) is 11.9. The van der Waals surface area contributed by atoms with Crippen molar-refractivity contribution in [2.75, 3.05) is 36.4 Å². The average molecular weight is 578 g/mol. The van der Waals surface area contributed by atoms with E-state index in [1.807, 2.05) is 6.92 Å². The molecule has 12 heteroatoms. The Labute approximate surface area is 228 Å². The Bertz CT molecular complexity index is 1540. The first-order valence-corrected chi connectivity index (χ1v) is 15.1. The third-order valence-corrected chi connectivity index (χ3v) is 10.2. The number of hydrogen-bond acceptors (Lipinski definition) is 6. The van der Waals surface area contributed by atoms with E-state index >= 15 is 0 Å². The second-order valence-electron chi connectivity index (χ2n) is 8.80. The molecule has 0 aromatic heterocycles. The Morgan fingerprint density at radius 1 is 0.974 bits per heavy atom. The summed E-state index contributed by atoms with van der Waals surface area (Å²) in [7, 11) is -6.55. The van der Waals surface area contributed by atoms with Crippen molar-refractivity contribution in [1.29, 1.82) is 0 Å². The van der Waals surface area contributed by atoms with Gasteiger partial charge in [-0.05, 0) is 62.2 Å². The molecule has 1 aliphatic rings. The highest BCUT2D eigenvalue weighted by atomic mass is 35.5. The van der Waals surface area contributed by atoms with Gasteiger partial charge in [0.25, 0.3) is 10.0 Å². The number of nitrogens with zero attached hydrogens (tertiary/aromatic N) is 2. The van der Waals surface area contributed by atoms with Crippen molar-refractivity contribution in [3.63, 3.8) is 0 Å². The van der Waals surface area contributed by atoms with Crippen LogP contribution < -0.4 is 14.4 Å². The first-order chi connectivity index (χ1) is 18.0. The predicted octanol–water partition coefficient (Wildman–Crippen LogP) is 4.28. The molecule has 0 bridgehead atoms. The molecule has 4 rings (SSSR count). The molecule has 202 valence electrons. The lowest BCUT2D eigenvalue weighted by molar-refractivity contribution is -0.114. The van der Waals surface area contributed by atoms with Crippen LogP contribution in [0.5, 0.6) is 5.75 Å². The molecule has 0 aliphatic carbocycles. The van der Waals surface area contributed by atoms with E-state index in [1.54, 1.807) is 24.3 Å². The van der Waals surface area contributed by atoms with Crippen LogP contribution in [0.15, 0.2) is 76.5 Å². The number of carbonyl (C=O) groups is 1. The molecule has 1 amide bonds. The Kier molecular flexibility index (Phi) is 8.31. The van der Waals surface area contributed by atoms with Gasteiger partial charge in [-0.2, -0.15) is 4.31 Å². The molecule has 3 aromatic rings. The van der Waals surface area contributed by atoms with Crippen LogP contribution >= 0.6 is 11.6 Å². The Morgan fingerprint density at radius 3 is 2.24 bits per heavy atom. The van der Waals surface area contributed by atoms with Gasteiger partial charge in [-0.1, -0.05) is 41.4 Å². The smallest absolute Gasteiger partial charge is 0.264 e. The second kappa shape index (κ2) is 11.3. The zero-order valence-electron chi connectivity index (χ0n) is 20.9. The highest BCUT2D eigenvalue weighted by Crippen LogP contribution is 2.32. The van der Waals surface area contributed by atoms with Gasteiger partial charge in [0.05, 0.1) is 33.3 Å². The number of ether oxygens (including phenoxy) is 1. The maximum absolute atomic E-state index is 13.6. The number of anilines is 2. The van der Waals surface area contributed by atoms with E-state index in [2.05, 4.69) is 5.32 Å². The van der Waals surface area contributed by atoms with Gasteiger partial charge in [0.15, 0.2) is 0 Å². The third kappa shape index (κ3) is 5.80. The lowest BCUT2D eigenvalue weighted by Crippen LogP contribution is -2.38. The van der Waals surface area contributed by atoms with Gasteiger partial charge in [-0.15, -0.1) is 0 Å². The van der Waals surface area contributed by atoms with Crippen molar-refractivity contribution >= 4 is 48.9 Å². The molecule has 38 heavy (non-hydrogen) atoms. The van der Waals surface area contributed by atoms with Gasteiger partial charge in [0, 0.05) is 13.1 Å². The summed E-state index contributed by atoms with van der Waals surface area (Å²) >= 11 is 6.33. The maximum Gasteiger partial charge on any atom is 0.264 e. The van der Waals surface area contributed by atoms with Gasteiger partial charge in [-0.3, -0.25) is 9.10 Å². The number of carbonyl (C=O) groups excluding carboxylic acids is 1. The second-order valence-corrected chi connectivity index (χ2v) is 13.0. The number of benzene rings is 3. The lowest BCUT2D eigenvalue weighted by atomic mass is 10.2. The largest absolute Gasteiger partial charge is 0.495 e. The number of nitrogens with one attached hydrogen (secondary N) is 1. The van der Waals surface area contributed by atoms with Crippen molar-refractivity contribution in [3.8, 4) is 5.75 Å². The van der Waals surface area contributed by atoms with Crippen molar-refractivity contribution in [3.05, 3.63) is 77.3 Å². The quantitative estimate of drug-likeness (QED) is 0.406. The number of sulfonamides is 2. The van der Waals surface area contributed by atoms with Gasteiger partial charge in [0.1, 0.15) is 12.3 Å². The number of hydrogen-bond donors (Lipinski definition) is 1. The molecule has 1 fully saturated rings. The predicted molar refractivity (Wildman–Crippen MR) is 147 cm³/mol. The van der Waals surface area contributed by atoms with Gasteiger partial charge in [0.2, 0.25) is 15.9 Å². The molecule has 0 atom stereocenters. The third-order valence-electron chi connectivity index (χ3n) is 6.17. The lowest BCUT2D eigenvalue weighted by Gasteiger charge is -2.25. The summed E-state index contributed by atoms with van der Waals surface area (Å²) in [6.45, 7) is 2.08. The van der Waals surface area contributed by atoms with Crippen LogP contribution in [0.1, 0.15) is 18.4 Å². The molecule has 3 aromatic carbocycles. The minimum Gasteiger partial charge on any atom is -0.495 e. The van der Waals surface area contributed by atoms with Crippen molar-refractivity contribution in [2.45, 2.75) is 29.6 Å². The van der Waals surface area contributed by atoms with E-state index in [1.165, 1.54) is 53.9 Å². The van der Waals surface area contributed by atoms with E-state index in [0.717, 1.165) is 22.7 Å². The fourth-order valence-corrected chi connectivity index (χ4v) is 7.41. The molecular formula is C26H28ClN3O6S2. The fourth-order valence-electron chi connectivity index (χ4n) is 4.13. The SMILES string of the molecule is COc1ccc(S(=O)(=O)N2CCCC2)cc1NC(=O)CN(c1ccccc1Cl)S(=O)(=O)c1ccc(C)cc1. The van der Waals surface area contributed by atoms with Crippen LogP contribution in [-0.4, -0.2) is 53.8 Å². The van der Waals surface area contributed by atoms with E-state index in [-0.39, 0.29) is 31.9 Å². The van der Waals surface area contributed by atoms with E-state index in [4.69, 9.17) is 16.3 Å². The normalized spacial score (nSPS) is 14.3. The number of halogens is 1. The highest BCUT2D eigenvalue weighted by Gasteiger charge is 2.30. The summed E-state index contributed by atoms with van der Waals surface area (Å²) in [6, 6.07) is 16.7. The first kappa shape index (κ1) is 27.9. The van der Waals surface area contributed by atoms with Crippen molar-refractivity contribution in [1.82, 2.24) is 4.31 Å². The monoisotopic (exact) mass is 577 g/mol. The number of aryl methyl sites for hydroxylation is 1. The van der Waals surface area contributed by atoms with E-state index < -0.39 is 32.5 Å². The van der Waals surface area contributed by atoms with Crippen LogP contribution in [0.4, 0.5) is 11.4 Å². The zero-order chi connectivity index (χ0) is 27.5. The number of amides is 1. The van der Waals surface area contributed by atoms with Crippen LogP contribution in [-0.2, 0) is 24.8 Å². The Hall–Kier alpha value is -3.12. The minimum absolute atomic E-state index is 0.00531. The maximum atomic E-state index is 13.6. The van der Waals surface area contributed by atoms with Gasteiger partial charge in [-0.25, -0.2) is 16.8 Å². The number of methoxy groups -OCH3 is 1. The molecule has 1 aliphatic heterocycles. The summed E-state index contributed by atoms with van der Waals surface area (Å²) in [4.78, 5) is 13.2. The molecule has 0 radical (unpaired) electrons. The Morgan fingerprint density at radius 2 is 1.61 bits per heavy atom. The van der Waals surface area contributed by atoms with Crippen molar-refractivity contribution in [2.24, 2.45) is 0 Å². The van der Waals surface area contributed by atoms with E-state index in [9.17, 15) is 21.6 Å². The summed E-state index contributed by atoms with van der Waals surface area (Å²) in [5, 5.41) is 2.77. The Balaban J connectivity index is 1.67. The molecular weight excluding hydrogens is 550 g/mol. The topological polar surface area (TPSA) is 113 Å². The minimum atomic E-state index is -4.18. The molecule has 1 heterocycles. The van der Waals surface area contributed by atoms with E-state index in [0.29, 0.717) is 13.1 Å². The molecule has 9 nitrogen and oxygen atoms in total. The van der Waals surface area contributed by atoms with Gasteiger partial charge >= 0.3 is 0 Å².